The van der Waals surface area contributed by atoms with Crippen molar-refractivity contribution >= 4 is 39.2 Å². The number of aromatic nitrogens is 2. The van der Waals surface area contributed by atoms with E-state index in [9.17, 15) is 9.59 Å². The highest BCUT2D eigenvalue weighted by atomic mass is 32.2. The van der Waals surface area contributed by atoms with Gasteiger partial charge in [0.25, 0.3) is 5.56 Å². The van der Waals surface area contributed by atoms with Crippen LogP contribution in [0.15, 0.2) is 76.0 Å². The first-order valence-electron chi connectivity index (χ1n) is 10.2. The largest absolute Gasteiger partial charge is 0.495 e. The van der Waals surface area contributed by atoms with Crippen LogP contribution in [-0.2, 0) is 11.2 Å². The number of nitrogens with zero attached hydrogens (tertiary/aromatic N) is 2. The Hall–Kier alpha value is -3.10. The van der Waals surface area contributed by atoms with E-state index in [1.54, 1.807) is 13.2 Å². The van der Waals surface area contributed by atoms with Crippen molar-refractivity contribution in [1.82, 2.24) is 14.9 Å². The molecule has 0 atom stereocenters. The minimum Gasteiger partial charge on any atom is -0.495 e. The van der Waals surface area contributed by atoms with Crippen LogP contribution < -0.4 is 15.6 Å². The van der Waals surface area contributed by atoms with Gasteiger partial charge in [0.2, 0.25) is 5.91 Å². The van der Waals surface area contributed by atoms with Crippen LogP contribution in [0.4, 0.5) is 0 Å². The number of carbonyl (C=O) groups is 1. The maximum atomic E-state index is 13.2. The van der Waals surface area contributed by atoms with E-state index in [2.05, 4.69) is 22.4 Å². The van der Waals surface area contributed by atoms with E-state index in [1.165, 1.54) is 33.2 Å². The minimum atomic E-state index is -0.166. The van der Waals surface area contributed by atoms with E-state index in [0.717, 1.165) is 12.8 Å². The fourth-order valence-corrected chi connectivity index (χ4v) is 4.96. The van der Waals surface area contributed by atoms with Gasteiger partial charge in [-0.2, -0.15) is 0 Å². The molecule has 1 amide bonds. The molecule has 4 rings (SSSR count). The van der Waals surface area contributed by atoms with Gasteiger partial charge in [-0.3, -0.25) is 14.2 Å². The van der Waals surface area contributed by atoms with Crippen LogP contribution in [0.25, 0.3) is 15.9 Å². The first-order valence-corrected chi connectivity index (χ1v) is 12.1. The molecular weight excluding hydrogens is 442 g/mol. The number of aryl methyl sites for hydroxylation is 1. The van der Waals surface area contributed by atoms with Crippen LogP contribution in [0.1, 0.15) is 12.0 Å². The van der Waals surface area contributed by atoms with Crippen molar-refractivity contribution < 1.29 is 9.53 Å². The molecule has 0 fully saturated rings. The lowest BCUT2D eigenvalue weighted by Crippen LogP contribution is -2.27. The molecule has 164 valence electrons. The standard InChI is InChI=1S/C24H23N3O3S2/c1-30-20-12-6-5-11-19(20)27-23(29)22-18(13-15-31-22)26-24(27)32-16-21(28)25-14-7-10-17-8-3-2-4-9-17/h2-6,8-9,11-13,15H,7,10,14,16H2,1H3,(H,25,28). The Kier molecular flexibility index (Phi) is 7.24. The van der Waals surface area contributed by atoms with Gasteiger partial charge in [0, 0.05) is 6.54 Å². The van der Waals surface area contributed by atoms with Gasteiger partial charge in [-0.05, 0) is 42.0 Å². The number of hydrogen-bond acceptors (Lipinski definition) is 6. The van der Waals surface area contributed by atoms with Gasteiger partial charge in [0.1, 0.15) is 10.4 Å². The number of nitrogens with one attached hydrogen (secondary N) is 1. The van der Waals surface area contributed by atoms with Gasteiger partial charge in [0.15, 0.2) is 5.16 Å². The molecule has 4 aromatic rings. The van der Waals surface area contributed by atoms with E-state index in [0.29, 0.717) is 33.4 Å². The molecule has 2 heterocycles. The normalized spacial score (nSPS) is 10.9. The summed E-state index contributed by atoms with van der Waals surface area (Å²) < 4.78 is 7.57. The zero-order valence-electron chi connectivity index (χ0n) is 17.6. The summed E-state index contributed by atoms with van der Waals surface area (Å²) in [4.78, 5) is 30.3. The summed E-state index contributed by atoms with van der Waals surface area (Å²) in [7, 11) is 1.57. The summed E-state index contributed by atoms with van der Waals surface area (Å²) in [6.07, 6.45) is 1.78. The van der Waals surface area contributed by atoms with Gasteiger partial charge < -0.3 is 10.1 Å². The minimum absolute atomic E-state index is 0.0886. The molecule has 0 aliphatic carbocycles. The SMILES string of the molecule is COc1ccccc1-n1c(SCC(=O)NCCCc2ccccc2)nc2ccsc2c1=O. The van der Waals surface area contributed by atoms with Crippen molar-refractivity contribution in [3.8, 4) is 11.4 Å². The van der Waals surface area contributed by atoms with Crippen LogP contribution in [0, 0.1) is 0 Å². The summed E-state index contributed by atoms with van der Waals surface area (Å²) in [5.41, 5.74) is 2.33. The monoisotopic (exact) mass is 465 g/mol. The molecule has 0 aliphatic heterocycles. The molecule has 0 spiro atoms. The molecule has 1 N–H and O–H groups in total. The highest BCUT2D eigenvalue weighted by Gasteiger charge is 2.18. The summed E-state index contributed by atoms with van der Waals surface area (Å²) in [5, 5.41) is 5.26. The van der Waals surface area contributed by atoms with Crippen LogP contribution in [0.2, 0.25) is 0 Å². The number of methoxy groups -OCH3 is 1. The number of para-hydroxylation sites is 2. The van der Waals surface area contributed by atoms with Crippen molar-refractivity contribution in [2.45, 2.75) is 18.0 Å². The van der Waals surface area contributed by atoms with E-state index in [4.69, 9.17) is 4.74 Å². The van der Waals surface area contributed by atoms with Crippen LogP contribution in [0.3, 0.4) is 0 Å². The first-order chi connectivity index (χ1) is 15.7. The number of thioether (sulfide) groups is 1. The molecule has 0 radical (unpaired) electrons. The first kappa shape index (κ1) is 22.1. The third-order valence-corrected chi connectivity index (χ3v) is 6.75. The van der Waals surface area contributed by atoms with E-state index < -0.39 is 0 Å². The summed E-state index contributed by atoms with van der Waals surface area (Å²) in [6, 6.07) is 19.3. The molecule has 2 aromatic heterocycles. The van der Waals surface area contributed by atoms with Crippen molar-refractivity contribution in [2.75, 3.05) is 19.4 Å². The van der Waals surface area contributed by atoms with Crippen LogP contribution in [-0.4, -0.2) is 34.9 Å². The van der Waals surface area contributed by atoms with E-state index in [-0.39, 0.29) is 17.2 Å². The zero-order chi connectivity index (χ0) is 22.3. The van der Waals surface area contributed by atoms with Crippen molar-refractivity contribution in [2.24, 2.45) is 0 Å². The van der Waals surface area contributed by atoms with Gasteiger partial charge in [-0.15, -0.1) is 11.3 Å². The summed E-state index contributed by atoms with van der Waals surface area (Å²) >= 11 is 2.60. The summed E-state index contributed by atoms with van der Waals surface area (Å²) in [6.45, 7) is 0.602. The zero-order valence-corrected chi connectivity index (χ0v) is 19.2. The smallest absolute Gasteiger partial charge is 0.276 e. The second kappa shape index (κ2) is 10.5. The van der Waals surface area contributed by atoms with Gasteiger partial charge in [-0.1, -0.05) is 54.2 Å². The molecule has 0 bridgehead atoms. The molecule has 6 nitrogen and oxygen atoms in total. The Balaban J connectivity index is 1.47. The number of rotatable bonds is 9. The van der Waals surface area contributed by atoms with Crippen molar-refractivity contribution in [1.29, 1.82) is 0 Å². The van der Waals surface area contributed by atoms with Crippen molar-refractivity contribution in [3.05, 3.63) is 82.0 Å². The predicted molar refractivity (Wildman–Crippen MR) is 130 cm³/mol. The number of ether oxygens (including phenoxy) is 1. The number of amides is 1. The molecule has 0 unspecified atom stereocenters. The summed E-state index contributed by atoms with van der Waals surface area (Å²) in [5.74, 6) is 0.650. The lowest BCUT2D eigenvalue weighted by Gasteiger charge is -2.14. The molecule has 2 aromatic carbocycles. The maximum Gasteiger partial charge on any atom is 0.276 e. The predicted octanol–water partition coefficient (Wildman–Crippen LogP) is 4.30. The molecular formula is C24H23N3O3S2. The molecule has 8 heteroatoms. The van der Waals surface area contributed by atoms with Gasteiger partial charge >= 0.3 is 0 Å². The number of thiophene rings is 1. The molecule has 0 aliphatic rings. The van der Waals surface area contributed by atoms with Gasteiger partial charge in [0.05, 0.1) is 24.1 Å². The molecule has 32 heavy (non-hydrogen) atoms. The fourth-order valence-electron chi connectivity index (χ4n) is 3.36. The van der Waals surface area contributed by atoms with Crippen LogP contribution >= 0.6 is 23.1 Å². The van der Waals surface area contributed by atoms with E-state index >= 15 is 0 Å². The highest BCUT2D eigenvalue weighted by molar-refractivity contribution is 7.99. The Morgan fingerprint density at radius 3 is 2.72 bits per heavy atom. The number of carbonyl (C=O) groups excluding carboxylic acids is 1. The Bertz CT molecular complexity index is 1270. The average molecular weight is 466 g/mol. The number of fused-ring (bicyclic) bond motifs is 1. The third-order valence-electron chi connectivity index (χ3n) is 4.91. The quantitative estimate of drug-likeness (QED) is 0.227. The van der Waals surface area contributed by atoms with Crippen molar-refractivity contribution in [3.63, 3.8) is 0 Å². The Labute approximate surface area is 194 Å². The van der Waals surface area contributed by atoms with Crippen LogP contribution in [0.5, 0.6) is 5.75 Å². The average Bonchev–Trinajstić information content (AvgIpc) is 3.30. The Morgan fingerprint density at radius 2 is 1.91 bits per heavy atom. The fraction of sp³-hybridized carbons (Fsp3) is 0.208. The number of benzene rings is 2. The lowest BCUT2D eigenvalue weighted by molar-refractivity contribution is -0.118. The maximum absolute atomic E-state index is 13.2. The topological polar surface area (TPSA) is 73.2 Å². The number of hydrogen-bond donors (Lipinski definition) is 1. The second-order valence-corrected chi connectivity index (χ2v) is 8.93. The third kappa shape index (κ3) is 5.03. The lowest BCUT2D eigenvalue weighted by atomic mass is 10.1. The molecule has 0 saturated carbocycles. The van der Waals surface area contributed by atoms with E-state index in [1.807, 2.05) is 47.8 Å². The molecule has 0 saturated heterocycles. The second-order valence-electron chi connectivity index (χ2n) is 7.07. The van der Waals surface area contributed by atoms with Gasteiger partial charge in [-0.25, -0.2) is 4.98 Å². The Morgan fingerprint density at radius 1 is 1.12 bits per heavy atom. The highest BCUT2D eigenvalue weighted by Crippen LogP contribution is 2.28.